The highest BCUT2D eigenvalue weighted by molar-refractivity contribution is 5.86. The van der Waals surface area contributed by atoms with Crippen LogP contribution in [-0.4, -0.2) is 42.4 Å². The number of carbonyl (C=O) groups excluding carboxylic acids is 1. The summed E-state index contributed by atoms with van der Waals surface area (Å²) in [6.45, 7) is 5.62. The lowest BCUT2D eigenvalue weighted by Crippen LogP contribution is -2.58. The van der Waals surface area contributed by atoms with Crippen LogP contribution in [0.1, 0.15) is 46.0 Å². The Morgan fingerprint density at radius 1 is 1.30 bits per heavy atom. The van der Waals surface area contributed by atoms with Crippen molar-refractivity contribution in [2.45, 2.75) is 51.5 Å². The summed E-state index contributed by atoms with van der Waals surface area (Å²) in [5.74, 6) is -0.420. The Morgan fingerprint density at radius 2 is 1.95 bits per heavy atom. The average molecular weight is 286 g/mol. The van der Waals surface area contributed by atoms with Crippen molar-refractivity contribution >= 4 is 12.0 Å². The van der Waals surface area contributed by atoms with Gasteiger partial charge in [-0.3, -0.25) is 0 Å². The molecular weight excluding hydrogens is 260 g/mol. The normalized spacial score (nSPS) is 26.0. The van der Waals surface area contributed by atoms with E-state index in [0.717, 1.165) is 19.3 Å². The lowest BCUT2D eigenvalue weighted by atomic mass is 9.77. The van der Waals surface area contributed by atoms with E-state index in [0.29, 0.717) is 38.5 Å². The quantitative estimate of drug-likeness (QED) is 0.622. The minimum Gasteiger partial charge on any atom is -0.480 e. The molecule has 6 heteroatoms. The molecule has 3 N–H and O–H groups in total. The second kappa shape index (κ2) is 8.09. The minimum atomic E-state index is -1.11. The number of amides is 2. The molecule has 6 nitrogen and oxygen atoms in total. The Morgan fingerprint density at radius 3 is 2.50 bits per heavy atom. The Kier molecular flexibility index (Phi) is 6.78. The van der Waals surface area contributed by atoms with Crippen molar-refractivity contribution in [3.05, 3.63) is 0 Å². The fraction of sp³-hybridized carbons (Fsp3) is 0.857. The summed E-state index contributed by atoms with van der Waals surface area (Å²) in [5, 5.41) is 14.7. The van der Waals surface area contributed by atoms with Crippen molar-refractivity contribution < 1.29 is 19.4 Å². The molecule has 0 atom stereocenters. The summed E-state index contributed by atoms with van der Waals surface area (Å²) >= 11 is 0. The van der Waals surface area contributed by atoms with Crippen LogP contribution in [0.25, 0.3) is 0 Å². The fourth-order valence-electron chi connectivity index (χ4n) is 2.39. The molecule has 0 aromatic carbocycles. The SMILES string of the molecule is CCCOCCNC(=O)NC1(C(=O)O)CCC(C)CC1. The predicted molar refractivity (Wildman–Crippen MR) is 75.6 cm³/mol. The van der Waals surface area contributed by atoms with Gasteiger partial charge in [0.1, 0.15) is 5.54 Å². The van der Waals surface area contributed by atoms with Gasteiger partial charge in [0.2, 0.25) is 0 Å². The number of carbonyl (C=O) groups is 2. The first kappa shape index (κ1) is 16.8. The molecule has 0 unspecified atom stereocenters. The molecule has 116 valence electrons. The van der Waals surface area contributed by atoms with Gasteiger partial charge in [-0.25, -0.2) is 9.59 Å². The number of carboxylic acid groups (broad SMARTS) is 1. The fourth-order valence-corrected chi connectivity index (χ4v) is 2.39. The Hall–Kier alpha value is -1.30. The first-order valence-electron chi connectivity index (χ1n) is 7.37. The molecule has 0 radical (unpaired) electrons. The molecule has 0 aliphatic heterocycles. The lowest BCUT2D eigenvalue weighted by molar-refractivity contribution is -0.146. The van der Waals surface area contributed by atoms with Gasteiger partial charge in [0.25, 0.3) is 0 Å². The van der Waals surface area contributed by atoms with Crippen molar-refractivity contribution in [3.63, 3.8) is 0 Å². The van der Waals surface area contributed by atoms with Gasteiger partial charge in [0, 0.05) is 13.2 Å². The van der Waals surface area contributed by atoms with E-state index in [1.807, 2.05) is 6.92 Å². The third kappa shape index (κ3) is 5.00. The number of nitrogens with one attached hydrogen (secondary N) is 2. The van der Waals surface area contributed by atoms with Crippen molar-refractivity contribution in [2.24, 2.45) is 5.92 Å². The van der Waals surface area contributed by atoms with Crippen LogP contribution in [0.15, 0.2) is 0 Å². The largest absolute Gasteiger partial charge is 0.480 e. The second-order valence-corrected chi connectivity index (χ2v) is 5.56. The molecule has 1 rings (SSSR count). The van der Waals surface area contributed by atoms with Gasteiger partial charge in [-0.15, -0.1) is 0 Å². The molecule has 1 aliphatic carbocycles. The van der Waals surface area contributed by atoms with Crippen LogP contribution in [0.4, 0.5) is 4.79 Å². The summed E-state index contributed by atoms with van der Waals surface area (Å²) < 4.78 is 5.25. The number of carboxylic acids is 1. The van der Waals surface area contributed by atoms with Crippen LogP contribution >= 0.6 is 0 Å². The van der Waals surface area contributed by atoms with Gasteiger partial charge in [-0.05, 0) is 38.0 Å². The number of rotatable bonds is 7. The maximum atomic E-state index is 11.8. The molecule has 1 fully saturated rings. The number of urea groups is 1. The van der Waals surface area contributed by atoms with Gasteiger partial charge in [0.15, 0.2) is 0 Å². The number of hydrogen-bond acceptors (Lipinski definition) is 3. The first-order valence-corrected chi connectivity index (χ1v) is 7.37. The highest BCUT2D eigenvalue weighted by atomic mass is 16.5. The van der Waals surface area contributed by atoms with E-state index in [4.69, 9.17) is 4.74 Å². The maximum absolute atomic E-state index is 11.8. The maximum Gasteiger partial charge on any atom is 0.329 e. The molecule has 0 saturated heterocycles. The molecule has 0 heterocycles. The smallest absolute Gasteiger partial charge is 0.329 e. The van der Waals surface area contributed by atoms with Crippen molar-refractivity contribution in [1.82, 2.24) is 10.6 Å². The third-order valence-electron chi connectivity index (χ3n) is 3.77. The van der Waals surface area contributed by atoms with Crippen molar-refractivity contribution in [2.75, 3.05) is 19.8 Å². The molecule has 0 bridgehead atoms. The Bertz CT molecular complexity index is 325. The van der Waals surface area contributed by atoms with Gasteiger partial charge in [-0.1, -0.05) is 13.8 Å². The Balaban J connectivity index is 2.38. The zero-order valence-electron chi connectivity index (χ0n) is 12.4. The van der Waals surface area contributed by atoms with E-state index in [1.54, 1.807) is 0 Å². The molecule has 0 spiro atoms. The first-order chi connectivity index (χ1) is 9.50. The van der Waals surface area contributed by atoms with E-state index in [2.05, 4.69) is 17.6 Å². The molecule has 1 saturated carbocycles. The zero-order valence-corrected chi connectivity index (χ0v) is 12.4. The van der Waals surface area contributed by atoms with Crippen LogP contribution in [-0.2, 0) is 9.53 Å². The Labute approximate surface area is 120 Å². The molecule has 0 aromatic heterocycles. The van der Waals surface area contributed by atoms with Crippen LogP contribution in [0.2, 0.25) is 0 Å². The van der Waals surface area contributed by atoms with Crippen molar-refractivity contribution in [1.29, 1.82) is 0 Å². The van der Waals surface area contributed by atoms with Crippen LogP contribution in [0.3, 0.4) is 0 Å². The second-order valence-electron chi connectivity index (χ2n) is 5.56. The molecule has 0 aromatic rings. The summed E-state index contributed by atoms with van der Waals surface area (Å²) in [6.07, 6.45) is 3.57. The van der Waals surface area contributed by atoms with Gasteiger partial charge in [0.05, 0.1) is 6.61 Å². The molecule has 20 heavy (non-hydrogen) atoms. The average Bonchev–Trinajstić information content (AvgIpc) is 2.41. The van der Waals surface area contributed by atoms with Crippen molar-refractivity contribution in [3.8, 4) is 0 Å². The van der Waals surface area contributed by atoms with E-state index in [1.165, 1.54) is 0 Å². The summed E-state index contributed by atoms with van der Waals surface area (Å²) in [4.78, 5) is 23.3. The monoisotopic (exact) mass is 286 g/mol. The van der Waals surface area contributed by atoms with Gasteiger partial charge in [-0.2, -0.15) is 0 Å². The van der Waals surface area contributed by atoms with Gasteiger partial charge >= 0.3 is 12.0 Å². The van der Waals surface area contributed by atoms with E-state index >= 15 is 0 Å². The summed E-state index contributed by atoms with van der Waals surface area (Å²) in [6, 6.07) is -0.429. The standard InChI is InChI=1S/C14H26N2O4/c1-3-9-20-10-8-15-13(19)16-14(12(17)18)6-4-11(2)5-7-14/h11H,3-10H2,1-2H3,(H,17,18)(H2,15,16,19). The molecule has 2 amide bonds. The van der Waals surface area contributed by atoms with Crippen LogP contribution < -0.4 is 10.6 Å². The topological polar surface area (TPSA) is 87.7 Å². The number of hydrogen-bond donors (Lipinski definition) is 3. The minimum absolute atomic E-state index is 0.387. The summed E-state index contributed by atoms with van der Waals surface area (Å²) in [7, 11) is 0. The number of aliphatic carboxylic acids is 1. The summed E-state index contributed by atoms with van der Waals surface area (Å²) in [5.41, 5.74) is -1.11. The lowest BCUT2D eigenvalue weighted by Gasteiger charge is -2.36. The number of ether oxygens (including phenoxy) is 1. The van der Waals surface area contributed by atoms with E-state index in [-0.39, 0.29) is 0 Å². The molecule has 1 aliphatic rings. The van der Waals surface area contributed by atoms with Gasteiger partial charge < -0.3 is 20.5 Å². The van der Waals surface area contributed by atoms with Crippen LogP contribution in [0.5, 0.6) is 0 Å². The molecular formula is C14H26N2O4. The zero-order chi connectivity index (χ0) is 15.0. The third-order valence-corrected chi connectivity index (χ3v) is 3.77. The van der Waals surface area contributed by atoms with E-state index in [9.17, 15) is 14.7 Å². The predicted octanol–water partition coefficient (Wildman–Crippen LogP) is 1.75. The van der Waals surface area contributed by atoms with Crippen LogP contribution in [0, 0.1) is 5.92 Å². The highest BCUT2D eigenvalue weighted by Crippen LogP contribution is 2.32. The highest BCUT2D eigenvalue weighted by Gasteiger charge is 2.42. The van der Waals surface area contributed by atoms with E-state index < -0.39 is 17.5 Å².